The molecule has 0 aromatic rings. The van der Waals surface area contributed by atoms with Gasteiger partial charge in [-0.3, -0.25) is 0 Å². The number of carbonyl (C=O) groups excluding carboxylic acids is 3. The van der Waals surface area contributed by atoms with Gasteiger partial charge in [0.15, 0.2) is 0 Å². The van der Waals surface area contributed by atoms with Gasteiger partial charge in [0.05, 0.1) is 19.1 Å². The third kappa shape index (κ3) is 54.6. The molecule has 234 valence electrons. The minimum atomic E-state index is -2.08. The Kier molecular flexibility index (Phi) is 47.8. The SMILES string of the molecule is CC(C)C(C)N(C)C(=O)[O-].CC(C)[C@@H](C)[NH3+].CN[C@H](C)C(C)C.C[NH2+][C@H](C)C(C)C.O.O=C([O-])O.O=C=O. The lowest BCUT2D eigenvalue weighted by molar-refractivity contribution is -0.666. The van der Waals surface area contributed by atoms with Crippen LogP contribution in [0.15, 0.2) is 0 Å². The molecule has 38 heavy (non-hydrogen) atoms. The Labute approximate surface area is 232 Å². The minimum Gasteiger partial charge on any atom is -0.565 e. The molecule has 4 atom stereocenters. The number of hydrogen-bond acceptors (Lipinski definition) is 7. The van der Waals surface area contributed by atoms with E-state index in [1.165, 1.54) is 11.9 Å². The number of carboxylic acid groups (broad SMARTS) is 3. The van der Waals surface area contributed by atoms with Crippen molar-refractivity contribution in [2.45, 2.75) is 107 Å². The maximum atomic E-state index is 10.3. The highest BCUT2D eigenvalue weighted by atomic mass is 16.6. The van der Waals surface area contributed by atoms with Crippen molar-refractivity contribution in [3.05, 3.63) is 0 Å². The summed E-state index contributed by atoms with van der Waals surface area (Å²) in [6.07, 6.45) is -2.94. The fraction of sp³-hybridized carbons (Fsp3) is 0.885. The highest BCUT2D eigenvalue weighted by Crippen LogP contribution is 2.06. The lowest BCUT2D eigenvalue weighted by Crippen LogP contribution is -2.86. The van der Waals surface area contributed by atoms with Crippen LogP contribution in [-0.4, -0.2) is 79.2 Å². The van der Waals surface area contributed by atoms with E-state index in [1.54, 1.807) is 0 Å². The van der Waals surface area contributed by atoms with Crippen molar-refractivity contribution in [2.24, 2.45) is 23.7 Å². The first-order valence-electron chi connectivity index (χ1n) is 12.7. The number of amides is 1. The first-order chi connectivity index (χ1) is 16.6. The lowest BCUT2D eigenvalue weighted by Gasteiger charge is -2.29. The van der Waals surface area contributed by atoms with Crippen LogP contribution in [-0.2, 0) is 9.59 Å². The summed E-state index contributed by atoms with van der Waals surface area (Å²) in [5.74, 6) is 2.64. The second-order valence-corrected chi connectivity index (χ2v) is 10.2. The van der Waals surface area contributed by atoms with Gasteiger partial charge in [-0.15, -0.1) is 0 Å². The Balaban J connectivity index is -0.0000000626. The van der Waals surface area contributed by atoms with E-state index in [4.69, 9.17) is 24.6 Å². The number of quaternary nitrogens is 2. The zero-order chi connectivity index (χ0) is 31.5. The molecule has 0 spiro atoms. The third-order valence-corrected chi connectivity index (χ3v) is 6.03. The molecule has 0 aromatic carbocycles. The van der Waals surface area contributed by atoms with Crippen LogP contribution in [0.4, 0.5) is 9.59 Å². The molecule has 1 amide bonds. The second-order valence-electron chi connectivity index (χ2n) is 10.2. The van der Waals surface area contributed by atoms with Crippen molar-refractivity contribution in [3.8, 4) is 0 Å². The fourth-order valence-electron chi connectivity index (χ4n) is 1.33. The van der Waals surface area contributed by atoms with Gasteiger partial charge in [-0.05, 0) is 46.6 Å². The van der Waals surface area contributed by atoms with Crippen LogP contribution in [0, 0.1) is 23.7 Å². The summed E-state index contributed by atoms with van der Waals surface area (Å²) in [5, 5.41) is 31.0. The highest BCUT2D eigenvalue weighted by molar-refractivity contribution is 5.62. The van der Waals surface area contributed by atoms with Crippen LogP contribution in [0.25, 0.3) is 0 Å². The van der Waals surface area contributed by atoms with Gasteiger partial charge in [0.25, 0.3) is 0 Å². The number of hydrogen-bond donors (Lipinski definition) is 4. The van der Waals surface area contributed by atoms with E-state index in [2.05, 4.69) is 85.7 Å². The summed E-state index contributed by atoms with van der Waals surface area (Å²) in [6.45, 7) is 25.6. The largest absolute Gasteiger partial charge is 0.565 e. The number of carbonyl (C=O) groups is 2. The molecule has 0 saturated carbocycles. The quantitative estimate of drug-likeness (QED) is 0.318. The van der Waals surface area contributed by atoms with Crippen LogP contribution >= 0.6 is 0 Å². The maximum absolute atomic E-state index is 10.3. The van der Waals surface area contributed by atoms with E-state index in [0.717, 1.165) is 23.8 Å². The third-order valence-electron chi connectivity index (χ3n) is 6.03. The molecule has 0 fully saturated rings. The fourth-order valence-corrected chi connectivity index (χ4v) is 1.33. The van der Waals surface area contributed by atoms with E-state index in [-0.39, 0.29) is 17.7 Å². The normalized spacial score (nSPS) is 12.3. The smallest absolute Gasteiger partial charge is 0.373 e. The van der Waals surface area contributed by atoms with E-state index in [0.29, 0.717) is 18.0 Å². The van der Waals surface area contributed by atoms with Crippen LogP contribution in [0.5, 0.6) is 0 Å². The monoisotopic (exact) mass is 558 g/mol. The summed E-state index contributed by atoms with van der Waals surface area (Å²) in [5.41, 5.74) is 3.84. The average molecular weight is 559 g/mol. The molecule has 0 bridgehead atoms. The Hall–Kier alpha value is -2.24. The van der Waals surface area contributed by atoms with E-state index >= 15 is 0 Å². The lowest BCUT2D eigenvalue weighted by atomic mass is 10.1. The van der Waals surface area contributed by atoms with Gasteiger partial charge in [-0.2, -0.15) is 9.59 Å². The van der Waals surface area contributed by atoms with Crippen molar-refractivity contribution in [1.29, 1.82) is 0 Å². The molecule has 0 saturated heterocycles. The second kappa shape index (κ2) is 34.8. The molecule has 12 heteroatoms. The molecular weight excluding hydrogens is 496 g/mol. The number of nitrogens with one attached hydrogen (secondary N) is 1. The summed E-state index contributed by atoms with van der Waals surface area (Å²) in [7, 11) is 5.63. The molecule has 0 aliphatic carbocycles. The summed E-state index contributed by atoms with van der Waals surface area (Å²) >= 11 is 0. The first-order valence-corrected chi connectivity index (χ1v) is 12.7. The molecular formula is C26H62N4O8. The van der Waals surface area contributed by atoms with Crippen molar-refractivity contribution in [2.75, 3.05) is 21.1 Å². The van der Waals surface area contributed by atoms with Crippen LogP contribution < -0.4 is 26.6 Å². The maximum Gasteiger partial charge on any atom is 0.373 e. The molecule has 1 unspecified atom stereocenters. The Morgan fingerprint density at radius 2 is 1.13 bits per heavy atom. The van der Waals surface area contributed by atoms with Gasteiger partial charge in [0, 0.05) is 31.0 Å². The van der Waals surface area contributed by atoms with Gasteiger partial charge >= 0.3 is 6.15 Å². The topological polar surface area (TPSA) is 226 Å². The molecule has 0 radical (unpaired) electrons. The van der Waals surface area contributed by atoms with Crippen molar-refractivity contribution >= 4 is 18.4 Å². The van der Waals surface area contributed by atoms with Gasteiger partial charge in [-0.1, -0.05) is 55.4 Å². The summed E-state index contributed by atoms with van der Waals surface area (Å²) in [6, 6.07) is 2.06. The standard InChI is InChI=1S/C7H15NO2.2C6H15N.C5H13N.CH2O3.CO2.H2O/c1-5(2)6(3)8(4)7(9)10;2*1-5(2)6(3)7-4;1-4(2)5(3)6;2-1(3)4;2-1-3;/h5-6H,1-4H3,(H,9,10);2*5-7H,1-4H3;4-5H,6H2,1-3H3;(H2,2,3,4);;1H2/t;2*6-;5-;;;/m.111.../s1. The Bertz CT molecular complexity index is 515. The van der Waals surface area contributed by atoms with Crippen molar-refractivity contribution in [3.63, 3.8) is 0 Å². The van der Waals surface area contributed by atoms with Gasteiger partial charge < -0.3 is 51.7 Å². The number of nitrogens with zero attached hydrogens (tertiary/aromatic N) is 1. The summed E-state index contributed by atoms with van der Waals surface area (Å²) in [4.78, 5) is 36.2. The van der Waals surface area contributed by atoms with E-state index < -0.39 is 12.2 Å². The first kappa shape index (κ1) is 52.2. The summed E-state index contributed by atoms with van der Waals surface area (Å²) < 4.78 is 0. The number of nitrogens with two attached hydrogens (primary N) is 1. The zero-order valence-corrected chi connectivity index (χ0v) is 26.7. The zero-order valence-electron chi connectivity index (χ0n) is 26.7. The molecule has 0 rings (SSSR count). The molecule has 0 heterocycles. The van der Waals surface area contributed by atoms with Gasteiger partial charge in [0.2, 0.25) is 6.16 Å². The van der Waals surface area contributed by atoms with Gasteiger partial charge in [-0.25, -0.2) is 0 Å². The highest BCUT2D eigenvalue weighted by Gasteiger charge is 2.11. The van der Waals surface area contributed by atoms with Crippen LogP contribution in [0.2, 0.25) is 0 Å². The minimum absolute atomic E-state index is 0. The molecule has 12 nitrogen and oxygen atoms in total. The van der Waals surface area contributed by atoms with E-state index in [9.17, 15) is 9.90 Å². The van der Waals surface area contributed by atoms with Crippen LogP contribution in [0.1, 0.15) is 83.1 Å². The van der Waals surface area contributed by atoms with Gasteiger partial charge in [0.1, 0.15) is 6.09 Å². The molecule has 9 N–H and O–H groups in total. The Morgan fingerprint density at radius 1 is 0.842 bits per heavy atom. The number of rotatable bonds is 7. The predicted molar refractivity (Wildman–Crippen MR) is 147 cm³/mol. The molecule has 0 aromatic heterocycles. The predicted octanol–water partition coefficient (Wildman–Crippen LogP) is -0.467. The Morgan fingerprint density at radius 3 is 1.16 bits per heavy atom. The molecule has 0 aliphatic rings. The van der Waals surface area contributed by atoms with Crippen molar-refractivity contribution in [1.82, 2.24) is 10.2 Å². The van der Waals surface area contributed by atoms with Crippen molar-refractivity contribution < 1.29 is 51.0 Å². The van der Waals surface area contributed by atoms with E-state index in [1.807, 2.05) is 27.8 Å². The average Bonchev–Trinajstić information content (AvgIpc) is 2.77. The molecule has 0 aliphatic heterocycles. The van der Waals surface area contributed by atoms with Crippen LogP contribution in [0.3, 0.4) is 0 Å².